The van der Waals surface area contributed by atoms with E-state index in [-0.39, 0.29) is 0 Å². The smallest absolute Gasteiger partial charge is 0.118 e. The van der Waals surface area contributed by atoms with Crippen LogP contribution in [0.25, 0.3) is 0 Å². The molecule has 23 heavy (non-hydrogen) atoms. The summed E-state index contributed by atoms with van der Waals surface area (Å²) >= 11 is 0. The fraction of sp³-hybridized carbons (Fsp3) is 0.429. The Labute approximate surface area is 139 Å². The minimum absolute atomic E-state index is 0.427. The zero-order valence-electron chi connectivity index (χ0n) is 13.9. The third-order valence-electron chi connectivity index (χ3n) is 4.38. The maximum Gasteiger partial charge on any atom is 0.118 e. The zero-order chi connectivity index (χ0) is 16.3. The highest BCUT2D eigenvalue weighted by atomic mass is 16.3. The number of aromatic hydroxyl groups is 2. The van der Waals surface area contributed by atoms with E-state index in [9.17, 15) is 10.2 Å². The standard InChI is InChI=1S/C21H28O2/c22-20-16-10-8-14-18(20)12-6-4-2-1-3-5-7-13-19-15-9-11-17-21(19)23/h8-11,14-17,22-23H,1-7,12-13H2. The Morgan fingerprint density at radius 2 is 0.826 bits per heavy atom. The van der Waals surface area contributed by atoms with Gasteiger partial charge in [0.15, 0.2) is 0 Å². The average Bonchev–Trinajstić information content (AvgIpc) is 2.56. The Balaban J connectivity index is 1.47. The largest absolute Gasteiger partial charge is 0.508 e. The molecule has 2 heteroatoms. The lowest BCUT2D eigenvalue weighted by Crippen LogP contribution is -1.88. The molecule has 2 aromatic carbocycles. The monoisotopic (exact) mass is 312 g/mol. The molecule has 2 rings (SSSR count). The summed E-state index contributed by atoms with van der Waals surface area (Å²) in [4.78, 5) is 0. The zero-order valence-corrected chi connectivity index (χ0v) is 13.9. The van der Waals surface area contributed by atoms with Crippen LogP contribution in [0, 0.1) is 0 Å². The molecule has 2 aromatic rings. The van der Waals surface area contributed by atoms with Crippen LogP contribution >= 0.6 is 0 Å². The molecule has 0 saturated carbocycles. The van der Waals surface area contributed by atoms with E-state index in [2.05, 4.69) is 0 Å². The Morgan fingerprint density at radius 1 is 0.478 bits per heavy atom. The number of hydrogen-bond acceptors (Lipinski definition) is 2. The van der Waals surface area contributed by atoms with Crippen LogP contribution in [0.2, 0.25) is 0 Å². The van der Waals surface area contributed by atoms with Crippen molar-refractivity contribution in [2.45, 2.75) is 57.8 Å². The summed E-state index contributed by atoms with van der Waals surface area (Å²) in [6.07, 6.45) is 10.5. The first-order chi connectivity index (χ1) is 11.3. The average molecular weight is 312 g/mol. The van der Waals surface area contributed by atoms with Crippen molar-refractivity contribution in [3.8, 4) is 11.5 Å². The van der Waals surface area contributed by atoms with E-state index in [0.717, 1.165) is 36.8 Å². The predicted octanol–water partition coefficient (Wildman–Crippen LogP) is 5.61. The van der Waals surface area contributed by atoms with Gasteiger partial charge in [0, 0.05) is 0 Å². The molecule has 0 amide bonds. The number of benzene rings is 2. The summed E-state index contributed by atoms with van der Waals surface area (Å²) in [6.45, 7) is 0. The van der Waals surface area contributed by atoms with Crippen LogP contribution in [0.5, 0.6) is 11.5 Å². The van der Waals surface area contributed by atoms with Gasteiger partial charge in [0.1, 0.15) is 11.5 Å². The number of unbranched alkanes of at least 4 members (excludes halogenated alkanes) is 6. The van der Waals surface area contributed by atoms with Crippen molar-refractivity contribution in [2.75, 3.05) is 0 Å². The molecule has 0 fully saturated rings. The maximum atomic E-state index is 9.71. The topological polar surface area (TPSA) is 40.5 Å². The fourth-order valence-electron chi connectivity index (χ4n) is 2.96. The summed E-state index contributed by atoms with van der Waals surface area (Å²) in [7, 11) is 0. The van der Waals surface area contributed by atoms with Crippen LogP contribution in [0.3, 0.4) is 0 Å². The lowest BCUT2D eigenvalue weighted by Gasteiger charge is -2.05. The van der Waals surface area contributed by atoms with Gasteiger partial charge in [0.25, 0.3) is 0 Å². The van der Waals surface area contributed by atoms with Crippen molar-refractivity contribution in [3.63, 3.8) is 0 Å². The van der Waals surface area contributed by atoms with Gasteiger partial charge in [-0.2, -0.15) is 0 Å². The van der Waals surface area contributed by atoms with Crippen LogP contribution in [0.4, 0.5) is 0 Å². The molecule has 2 nitrogen and oxygen atoms in total. The molecule has 0 aliphatic carbocycles. The first-order valence-electron chi connectivity index (χ1n) is 8.81. The number of hydrogen-bond donors (Lipinski definition) is 2. The quantitative estimate of drug-likeness (QED) is 0.559. The van der Waals surface area contributed by atoms with Gasteiger partial charge >= 0.3 is 0 Å². The molecular weight excluding hydrogens is 284 g/mol. The second-order valence-corrected chi connectivity index (χ2v) is 6.23. The highest BCUT2D eigenvalue weighted by Crippen LogP contribution is 2.20. The molecule has 0 unspecified atom stereocenters. The van der Waals surface area contributed by atoms with Crippen molar-refractivity contribution in [1.82, 2.24) is 0 Å². The summed E-state index contributed by atoms with van der Waals surface area (Å²) in [6, 6.07) is 15.3. The van der Waals surface area contributed by atoms with E-state index in [0.29, 0.717) is 11.5 Å². The summed E-state index contributed by atoms with van der Waals surface area (Å²) in [5.74, 6) is 0.855. The number of para-hydroxylation sites is 2. The van der Waals surface area contributed by atoms with Gasteiger partial charge in [0.2, 0.25) is 0 Å². The third kappa shape index (κ3) is 6.35. The van der Waals surface area contributed by atoms with Crippen molar-refractivity contribution >= 4 is 0 Å². The van der Waals surface area contributed by atoms with Crippen molar-refractivity contribution < 1.29 is 10.2 Å². The van der Waals surface area contributed by atoms with Gasteiger partial charge < -0.3 is 10.2 Å². The van der Waals surface area contributed by atoms with Crippen LogP contribution < -0.4 is 0 Å². The number of aryl methyl sites for hydroxylation is 2. The molecule has 0 bridgehead atoms. The lowest BCUT2D eigenvalue weighted by atomic mass is 10.0. The number of phenolic OH excluding ortho intramolecular Hbond substituents is 2. The van der Waals surface area contributed by atoms with Gasteiger partial charge in [-0.1, -0.05) is 68.5 Å². The van der Waals surface area contributed by atoms with Gasteiger partial charge in [-0.05, 0) is 48.9 Å². The summed E-state index contributed by atoms with van der Waals surface area (Å²) in [5, 5.41) is 19.4. The molecule has 0 radical (unpaired) electrons. The van der Waals surface area contributed by atoms with Gasteiger partial charge in [0.05, 0.1) is 0 Å². The molecule has 0 saturated heterocycles. The number of rotatable bonds is 10. The van der Waals surface area contributed by atoms with Gasteiger partial charge in [-0.3, -0.25) is 0 Å². The van der Waals surface area contributed by atoms with Crippen molar-refractivity contribution in [3.05, 3.63) is 59.7 Å². The normalized spacial score (nSPS) is 10.8. The second-order valence-electron chi connectivity index (χ2n) is 6.23. The summed E-state index contributed by atoms with van der Waals surface area (Å²) < 4.78 is 0. The molecule has 0 spiro atoms. The lowest BCUT2D eigenvalue weighted by molar-refractivity contribution is 0.465. The van der Waals surface area contributed by atoms with Crippen molar-refractivity contribution in [2.24, 2.45) is 0 Å². The van der Waals surface area contributed by atoms with E-state index in [1.165, 1.54) is 32.1 Å². The molecule has 0 atom stereocenters. The van der Waals surface area contributed by atoms with Crippen molar-refractivity contribution in [1.29, 1.82) is 0 Å². The van der Waals surface area contributed by atoms with Gasteiger partial charge in [-0.15, -0.1) is 0 Å². The van der Waals surface area contributed by atoms with E-state index in [1.807, 2.05) is 36.4 Å². The SMILES string of the molecule is Oc1ccccc1CCCCCCCCCc1ccccc1O. The van der Waals surface area contributed by atoms with Crippen LogP contribution in [0.15, 0.2) is 48.5 Å². The second kappa shape index (κ2) is 9.94. The Bertz CT molecular complexity index is 526. The Morgan fingerprint density at radius 3 is 1.22 bits per heavy atom. The molecular formula is C21H28O2. The third-order valence-corrected chi connectivity index (χ3v) is 4.38. The highest BCUT2D eigenvalue weighted by molar-refractivity contribution is 5.32. The number of phenols is 2. The Kier molecular flexibility index (Phi) is 7.51. The molecule has 0 heterocycles. The minimum Gasteiger partial charge on any atom is -0.508 e. The predicted molar refractivity (Wildman–Crippen MR) is 95.9 cm³/mol. The van der Waals surface area contributed by atoms with Crippen LogP contribution in [-0.4, -0.2) is 10.2 Å². The highest BCUT2D eigenvalue weighted by Gasteiger charge is 2.00. The molecule has 0 aliphatic rings. The first-order valence-corrected chi connectivity index (χ1v) is 8.81. The van der Waals surface area contributed by atoms with Crippen LogP contribution in [0.1, 0.15) is 56.1 Å². The maximum absolute atomic E-state index is 9.71. The van der Waals surface area contributed by atoms with Gasteiger partial charge in [-0.25, -0.2) is 0 Å². The Hall–Kier alpha value is -1.96. The van der Waals surface area contributed by atoms with E-state index in [4.69, 9.17) is 0 Å². The summed E-state index contributed by atoms with van der Waals surface area (Å²) in [5.41, 5.74) is 2.13. The van der Waals surface area contributed by atoms with E-state index in [1.54, 1.807) is 12.1 Å². The molecule has 0 aromatic heterocycles. The van der Waals surface area contributed by atoms with E-state index >= 15 is 0 Å². The fourth-order valence-corrected chi connectivity index (χ4v) is 2.96. The van der Waals surface area contributed by atoms with Crippen LogP contribution in [-0.2, 0) is 12.8 Å². The molecule has 124 valence electrons. The molecule has 0 aliphatic heterocycles. The van der Waals surface area contributed by atoms with E-state index < -0.39 is 0 Å². The molecule has 2 N–H and O–H groups in total. The minimum atomic E-state index is 0.427. The first kappa shape index (κ1) is 17.4.